The van der Waals surface area contributed by atoms with Gasteiger partial charge in [0.05, 0.1) is 11.4 Å². The van der Waals surface area contributed by atoms with Gasteiger partial charge in [-0.2, -0.15) is 13.2 Å². The molecule has 1 nitrogen and oxygen atoms in total. The van der Waals surface area contributed by atoms with E-state index in [-0.39, 0.29) is 11.4 Å². The summed E-state index contributed by atoms with van der Waals surface area (Å²) >= 11 is 4.96. The highest BCUT2D eigenvalue weighted by molar-refractivity contribution is 9.09. The third kappa shape index (κ3) is 4.43. The zero-order valence-electron chi connectivity index (χ0n) is 8.90. The highest BCUT2D eigenvalue weighted by Crippen LogP contribution is 2.32. The number of aryl methyl sites for hydroxylation is 2. The molecule has 0 spiro atoms. The maximum atomic E-state index is 11.9. The lowest BCUT2D eigenvalue weighted by Crippen LogP contribution is -2.18. The van der Waals surface area contributed by atoms with E-state index in [9.17, 15) is 13.2 Å². The average molecular weight is 317 g/mol. The average Bonchev–Trinajstić information content (AvgIpc) is 2.43. The normalized spacial score (nSPS) is 14.1. The van der Waals surface area contributed by atoms with Crippen LogP contribution in [-0.2, 0) is 4.74 Å². The van der Waals surface area contributed by atoms with Gasteiger partial charge < -0.3 is 4.74 Å². The molecule has 92 valence electrons. The van der Waals surface area contributed by atoms with Crippen LogP contribution in [0.4, 0.5) is 13.2 Å². The van der Waals surface area contributed by atoms with Crippen molar-refractivity contribution in [2.75, 3.05) is 13.2 Å². The Kier molecular flexibility index (Phi) is 4.82. The third-order valence-corrected chi connectivity index (χ3v) is 3.69. The molecule has 1 aromatic heterocycles. The van der Waals surface area contributed by atoms with Crippen LogP contribution in [0.3, 0.4) is 0 Å². The summed E-state index contributed by atoms with van der Waals surface area (Å²) in [6, 6.07) is 1.97. The summed E-state index contributed by atoms with van der Waals surface area (Å²) in [7, 11) is 0. The van der Waals surface area contributed by atoms with E-state index in [2.05, 4.69) is 20.7 Å². The van der Waals surface area contributed by atoms with Gasteiger partial charge in [0.1, 0.15) is 6.61 Å². The monoisotopic (exact) mass is 316 g/mol. The van der Waals surface area contributed by atoms with Crippen molar-refractivity contribution in [2.24, 2.45) is 0 Å². The van der Waals surface area contributed by atoms with Crippen LogP contribution in [0.15, 0.2) is 6.07 Å². The van der Waals surface area contributed by atoms with Crippen LogP contribution in [0.2, 0.25) is 0 Å². The summed E-state index contributed by atoms with van der Waals surface area (Å²) in [6.07, 6.45) is -4.26. The Morgan fingerprint density at radius 3 is 2.50 bits per heavy atom. The van der Waals surface area contributed by atoms with Crippen molar-refractivity contribution in [3.05, 3.63) is 21.4 Å². The quantitative estimate of drug-likeness (QED) is 0.749. The van der Waals surface area contributed by atoms with Crippen LogP contribution in [0, 0.1) is 13.8 Å². The van der Waals surface area contributed by atoms with Crippen molar-refractivity contribution < 1.29 is 17.9 Å². The van der Waals surface area contributed by atoms with Crippen molar-refractivity contribution in [2.45, 2.75) is 24.9 Å². The molecule has 1 rings (SSSR count). The van der Waals surface area contributed by atoms with E-state index in [1.165, 1.54) is 0 Å². The van der Waals surface area contributed by atoms with Gasteiger partial charge >= 0.3 is 6.18 Å². The van der Waals surface area contributed by atoms with Crippen LogP contribution in [0.25, 0.3) is 0 Å². The van der Waals surface area contributed by atoms with Crippen molar-refractivity contribution >= 4 is 27.3 Å². The number of thiophene rings is 1. The Balaban J connectivity index is 2.47. The number of rotatable bonds is 4. The van der Waals surface area contributed by atoms with Crippen LogP contribution in [0.5, 0.6) is 0 Å². The van der Waals surface area contributed by atoms with Gasteiger partial charge in [-0.05, 0) is 25.5 Å². The molecule has 0 aliphatic heterocycles. The smallest absolute Gasteiger partial charge is 0.371 e. The van der Waals surface area contributed by atoms with Crippen LogP contribution < -0.4 is 0 Å². The van der Waals surface area contributed by atoms with Crippen LogP contribution in [0.1, 0.15) is 20.1 Å². The molecule has 16 heavy (non-hydrogen) atoms. The first-order valence-corrected chi connectivity index (χ1v) is 6.38. The fourth-order valence-corrected chi connectivity index (χ4v) is 3.13. The van der Waals surface area contributed by atoms with Crippen LogP contribution >= 0.6 is 27.3 Å². The molecule has 0 saturated heterocycles. The molecular weight excluding hydrogens is 305 g/mol. The number of halogens is 4. The van der Waals surface area contributed by atoms with E-state index < -0.39 is 12.8 Å². The minimum atomic E-state index is -4.26. The largest absolute Gasteiger partial charge is 0.411 e. The lowest BCUT2D eigenvalue weighted by atomic mass is 10.2. The molecule has 1 atom stereocenters. The second-order valence-corrected chi connectivity index (χ2v) is 6.03. The van der Waals surface area contributed by atoms with Gasteiger partial charge in [0.25, 0.3) is 0 Å². The lowest BCUT2D eigenvalue weighted by Gasteiger charge is -2.12. The Morgan fingerprint density at radius 2 is 2.06 bits per heavy atom. The maximum absolute atomic E-state index is 11.9. The maximum Gasteiger partial charge on any atom is 0.411 e. The molecule has 1 unspecified atom stereocenters. The van der Waals surface area contributed by atoms with Gasteiger partial charge in [0.15, 0.2) is 0 Å². The molecular formula is C10H12BrF3OS. The Hall–Kier alpha value is -0.0700. The number of hydrogen-bond donors (Lipinski definition) is 0. The van der Waals surface area contributed by atoms with Gasteiger partial charge in [0.2, 0.25) is 0 Å². The SMILES string of the molecule is Cc1cc(C(Br)COCC(F)(F)F)c(C)s1. The second kappa shape index (κ2) is 5.51. The summed E-state index contributed by atoms with van der Waals surface area (Å²) < 4.78 is 40.2. The van der Waals surface area contributed by atoms with Gasteiger partial charge in [0, 0.05) is 9.75 Å². The second-order valence-electron chi connectivity index (χ2n) is 3.47. The summed E-state index contributed by atoms with van der Waals surface area (Å²) in [5, 5.41) is 0. The van der Waals surface area contributed by atoms with E-state index in [1.54, 1.807) is 11.3 Å². The first kappa shape index (κ1) is 14.0. The Labute approximate surface area is 105 Å². The van der Waals surface area contributed by atoms with Crippen LogP contribution in [-0.4, -0.2) is 19.4 Å². The molecule has 6 heteroatoms. The van der Waals surface area contributed by atoms with Gasteiger partial charge in [-0.3, -0.25) is 0 Å². The summed E-state index contributed by atoms with van der Waals surface area (Å²) in [4.78, 5) is 2.07. The molecule has 1 aromatic rings. The minimum absolute atomic E-state index is 0.0243. The van der Waals surface area contributed by atoms with Gasteiger partial charge in [-0.15, -0.1) is 11.3 Å². The Bertz CT molecular complexity index is 348. The zero-order chi connectivity index (χ0) is 12.3. The lowest BCUT2D eigenvalue weighted by molar-refractivity contribution is -0.173. The molecule has 0 radical (unpaired) electrons. The standard InChI is InChI=1S/C10H12BrF3OS/c1-6-3-8(7(2)16-6)9(11)4-15-5-10(12,13)14/h3,9H,4-5H2,1-2H3. The summed E-state index contributed by atoms with van der Waals surface area (Å²) in [5.74, 6) is 0. The van der Waals surface area contributed by atoms with E-state index in [0.29, 0.717) is 0 Å². The molecule has 0 fully saturated rings. The van der Waals surface area contributed by atoms with E-state index >= 15 is 0 Å². The molecule has 0 saturated carbocycles. The van der Waals surface area contributed by atoms with Crippen molar-refractivity contribution in [3.63, 3.8) is 0 Å². The molecule has 0 aliphatic carbocycles. The topological polar surface area (TPSA) is 9.23 Å². The molecule has 1 heterocycles. The first-order chi connectivity index (χ1) is 7.29. The summed E-state index contributed by atoms with van der Waals surface area (Å²) in [5.41, 5.74) is 1.00. The Morgan fingerprint density at radius 1 is 1.44 bits per heavy atom. The van der Waals surface area contributed by atoms with Crippen molar-refractivity contribution in [1.82, 2.24) is 0 Å². The fraction of sp³-hybridized carbons (Fsp3) is 0.600. The van der Waals surface area contributed by atoms with Crippen molar-refractivity contribution in [1.29, 1.82) is 0 Å². The molecule has 0 aliphatic rings. The van der Waals surface area contributed by atoms with Crippen molar-refractivity contribution in [3.8, 4) is 0 Å². The fourth-order valence-electron chi connectivity index (χ4n) is 1.33. The summed E-state index contributed by atoms with van der Waals surface area (Å²) in [6.45, 7) is 2.75. The molecule has 0 amide bonds. The van der Waals surface area contributed by atoms with Gasteiger partial charge in [-0.25, -0.2) is 0 Å². The number of ether oxygens (including phenoxy) is 1. The molecule has 0 bridgehead atoms. The predicted octanol–water partition coefficient (Wildman–Crippen LogP) is 4.38. The predicted molar refractivity (Wildman–Crippen MR) is 62.3 cm³/mol. The van der Waals surface area contributed by atoms with E-state index in [0.717, 1.165) is 15.3 Å². The highest BCUT2D eigenvalue weighted by atomic mass is 79.9. The third-order valence-electron chi connectivity index (χ3n) is 1.95. The highest BCUT2D eigenvalue weighted by Gasteiger charge is 2.28. The van der Waals surface area contributed by atoms with E-state index in [4.69, 9.17) is 0 Å². The number of alkyl halides is 4. The van der Waals surface area contributed by atoms with Gasteiger partial charge in [-0.1, -0.05) is 15.9 Å². The minimum Gasteiger partial charge on any atom is -0.371 e. The molecule has 0 N–H and O–H groups in total. The zero-order valence-corrected chi connectivity index (χ0v) is 11.3. The first-order valence-electron chi connectivity index (χ1n) is 4.65. The molecule has 0 aromatic carbocycles. The van der Waals surface area contributed by atoms with E-state index in [1.807, 2.05) is 19.9 Å². The number of hydrogen-bond acceptors (Lipinski definition) is 2.